The van der Waals surface area contributed by atoms with Crippen LogP contribution in [0.5, 0.6) is 0 Å². The van der Waals surface area contributed by atoms with E-state index >= 15 is 0 Å². The highest BCUT2D eigenvalue weighted by atomic mass is 32.2. The molecule has 0 unspecified atom stereocenters. The number of nitrogens with one attached hydrogen (secondary N) is 1. The van der Waals surface area contributed by atoms with E-state index in [1.165, 1.54) is 12.2 Å². The van der Waals surface area contributed by atoms with Gasteiger partial charge in [-0.15, -0.1) is 0 Å². The zero-order chi connectivity index (χ0) is 6.24. The summed E-state index contributed by atoms with van der Waals surface area (Å²) in [4.78, 5) is 0. The number of thioether (sulfide) groups is 1. The molecule has 1 radical (unpaired) electrons. The fraction of sp³-hybridized carbons (Fsp3) is 0.833. The lowest BCUT2D eigenvalue weighted by atomic mass is 10.5. The van der Waals surface area contributed by atoms with Crippen LogP contribution >= 0.6 is 11.8 Å². The third-order valence-electron chi connectivity index (χ3n) is 0.874. The van der Waals surface area contributed by atoms with Crippen molar-refractivity contribution in [3.05, 3.63) is 6.54 Å². The molecule has 0 heterocycles. The Kier molecular flexibility index (Phi) is 7.59. The largest absolute Gasteiger partial charge is 0.313 e. The first-order valence-electron chi connectivity index (χ1n) is 2.92. The molecule has 0 amide bonds. The van der Waals surface area contributed by atoms with Gasteiger partial charge in [0.05, 0.1) is 0 Å². The van der Waals surface area contributed by atoms with Crippen LogP contribution in [0.4, 0.5) is 0 Å². The van der Waals surface area contributed by atoms with Gasteiger partial charge in [0.2, 0.25) is 0 Å². The monoisotopic (exact) mass is 132 g/mol. The van der Waals surface area contributed by atoms with Crippen LogP contribution in [-0.4, -0.2) is 18.6 Å². The molecule has 0 aromatic rings. The predicted octanol–water partition coefficient (Wildman–Crippen LogP) is 1.51. The SMILES string of the molecule is C[CH]NCCCSC. The van der Waals surface area contributed by atoms with E-state index < -0.39 is 0 Å². The number of hydrogen-bond donors (Lipinski definition) is 1. The summed E-state index contributed by atoms with van der Waals surface area (Å²) in [5.74, 6) is 1.26. The summed E-state index contributed by atoms with van der Waals surface area (Å²) in [5.41, 5.74) is 0. The van der Waals surface area contributed by atoms with Crippen LogP contribution in [0.3, 0.4) is 0 Å². The smallest absolute Gasteiger partial charge is 0.0190 e. The summed E-state index contributed by atoms with van der Waals surface area (Å²) in [7, 11) is 0. The van der Waals surface area contributed by atoms with Crippen LogP contribution in [0.25, 0.3) is 0 Å². The van der Waals surface area contributed by atoms with Crippen molar-refractivity contribution in [1.29, 1.82) is 0 Å². The Hall–Kier alpha value is 0.310. The maximum atomic E-state index is 3.14. The molecular weight excluding hydrogens is 118 g/mol. The molecule has 49 valence electrons. The van der Waals surface area contributed by atoms with Crippen LogP contribution in [0, 0.1) is 6.54 Å². The molecule has 0 aromatic carbocycles. The second-order valence-electron chi connectivity index (χ2n) is 1.59. The van der Waals surface area contributed by atoms with E-state index in [0.717, 1.165) is 6.54 Å². The molecule has 0 atom stereocenters. The highest BCUT2D eigenvalue weighted by molar-refractivity contribution is 7.98. The van der Waals surface area contributed by atoms with Crippen molar-refractivity contribution >= 4 is 11.8 Å². The second-order valence-corrected chi connectivity index (χ2v) is 2.57. The molecule has 2 heteroatoms. The van der Waals surface area contributed by atoms with Crippen molar-refractivity contribution in [3.8, 4) is 0 Å². The average molecular weight is 132 g/mol. The van der Waals surface area contributed by atoms with Crippen LogP contribution in [0.1, 0.15) is 13.3 Å². The van der Waals surface area contributed by atoms with E-state index in [2.05, 4.69) is 11.6 Å². The van der Waals surface area contributed by atoms with Crippen LogP contribution in [0.2, 0.25) is 0 Å². The van der Waals surface area contributed by atoms with Gasteiger partial charge in [-0.05, 0) is 31.9 Å². The van der Waals surface area contributed by atoms with Crippen molar-refractivity contribution in [2.45, 2.75) is 13.3 Å². The number of hydrogen-bond acceptors (Lipinski definition) is 2. The van der Waals surface area contributed by atoms with E-state index in [9.17, 15) is 0 Å². The van der Waals surface area contributed by atoms with E-state index in [4.69, 9.17) is 0 Å². The third kappa shape index (κ3) is 6.31. The molecule has 1 N–H and O–H groups in total. The van der Waals surface area contributed by atoms with E-state index in [1.54, 1.807) is 0 Å². The molecule has 0 aliphatic rings. The number of rotatable bonds is 5. The summed E-state index contributed by atoms with van der Waals surface area (Å²) in [6.07, 6.45) is 3.40. The van der Waals surface area contributed by atoms with Crippen molar-refractivity contribution in [3.63, 3.8) is 0 Å². The summed E-state index contributed by atoms with van der Waals surface area (Å²) in [5, 5.41) is 3.14. The minimum atomic E-state index is 1.12. The Balaban J connectivity index is 2.53. The summed E-state index contributed by atoms with van der Waals surface area (Å²) >= 11 is 1.90. The van der Waals surface area contributed by atoms with Gasteiger partial charge in [-0.25, -0.2) is 0 Å². The van der Waals surface area contributed by atoms with E-state index in [1.807, 2.05) is 25.2 Å². The lowest BCUT2D eigenvalue weighted by Gasteiger charge is -1.96. The Morgan fingerprint density at radius 2 is 2.38 bits per heavy atom. The maximum Gasteiger partial charge on any atom is 0.0190 e. The molecule has 0 aliphatic carbocycles. The van der Waals surface area contributed by atoms with Gasteiger partial charge in [-0.3, -0.25) is 0 Å². The molecule has 0 aliphatic heterocycles. The van der Waals surface area contributed by atoms with E-state index in [-0.39, 0.29) is 0 Å². The normalized spacial score (nSPS) is 9.75. The summed E-state index contributed by atoms with van der Waals surface area (Å²) in [6, 6.07) is 0. The summed E-state index contributed by atoms with van der Waals surface area (Å²) in [6.45, 7) is 5.12. The molecule has 8 heavy (non-hydrogen) atoms. The zero-order valence-corrected chi connectivity index (χ0v) is 6.42. The van der Waals surface area contributed by atoms with Gasteiger partial charge in [0.1, 0.15) is 0 Å². The standard InChI is InChI=1S/C6H14NS/c1-3-7-5-4-6-8-2/h3,7H,4-6H2,1-2H3. The lowest BCUT2D eigenvalue weighted by Crippen LogP contribution is -2.09. The van der Waals surface area contributed by atoms with Crippen molar-refractivity contribution in [2.75, 3.05) is 18.6 Å². The molecule has 0 saturated heterocycles. The lowest BCUT2D eigenvalue weighted by molar-refractivity contribution is 0.770. The Morgan fingerprint density at radius 3 is 2.88 bits per heavy atom. The Morgan fingerprint density at radius 1 is 1.62 bits per heavy atom. The zero-order valence-electron chi connectivity index (χ0n) is 5.61. The first-order valence-corrected chi connectivity index (χ1v) is 4.31. The molecule has 0 bridgehead atoms. The minimum absolute atomic E-state index is 1.12. The van der Waals surface area contributed by atoms with Gasteiger partial charge in [0, 0.05) is 6.54 Å². The quantitative estimate of drug-likeness (QED) is 0.569. The average Bonchev–Trinajstić information content (AvgIpc) is 1.81. The topological polar surface area (TPSA) is 12.0 Å². The van der Waals surface area contributed by atoms with Crippen LogP contribution in [-0.2, 0) is 0 Å². The molecule has 0 saturated carbocycles. The predicted molar refractivity (Wildman–Crippen MR) is 41.0 cm³/mol. The van der Waals surface area contributed by atoms with Gasteiger partial charge >= 0.3 is 0 Å². The second kappa shape index (κ2) is 7.31. The fourth-order valence-electron chi connectivity index (χ4n) is 0.463. The molecule has 0 fully saturated rings. The van der Waals surface area contributed by atoms with Crippen molar-refractivity contribution < 1.29 is 0 Å². The Labute approximate surface area is 56.2 Å². The van der Waals surface area contributed by atoms with E-state index in [0.29, 0.717) is 0 Å². The van der Waals surface area contributed by atoms with Gasteiger partial charge in [0.15, 0.2) is 0 Å². The molecule has 0 aromatic heterocycles. The molecule has 0 spiro atoms. The van der Waals surface area contributed by atoms with Gasteiger partial charge in [-0.1, -0.05) is 0 Å². The highest BCUT2D eigenvalue weighted by Gasteiger charge is 1.81. The van der Waals surface area contributed by atoms with Crippen molar-refractivity contribution in [2.24, 2.45) is 0 Å². The van der Waals surface area contributed by atoms with Gasteiger partial charge < -0.3 is 5.32 Å². The van der Waals surface area contributed by atoms with Gasteiger partial charge in [0.25, 0.3) is 0 Å². The van der Waals surface area contributed by atoms with Crippen LogP contribution < -0.4 is 5.32 Å². The minimum Gasteiger partial charge on any atom is -0.313 e. The molecule has 1 nitrogen and oxygen atoms in total. The molecule has 0 rings (SSSR count). The fourth-order valence-corrected chi connectivity index (χ4v) is 0.896. The highest BCUT2D eigenvalue weighted by Crippen LogP contribution is 1.92. The van der Waals surface area contributed by atoms with Crippen LogP contribution in [0.15, 0.2) is 0 Å². The molecular formula is C6H14NS. The first kappa shape index (κ1) is 8.31. The summed E-state index contributed by atoms with van der Waals surface area (Å²) < 4.78 is 0. The first-order chi connectivity index (χ1) is 3.91. The van der Waals surface area contributed by atoms with Crippen molar-refractivity contribution in [1.82, 2.24) is 5.32 Å². The van der Waals surface area contributed by atoms with Gasteiger partial charge in [-0.2, -0.15) is 11.8 Å². The third-order valence-corrected chi connectivity index (χ3v) is 1.57. The maximum absolute atomic E-state index is 3.14. The Bertz CT molecular complexity index is 33.5.